The number of halogens is 3. The van der Waals surface area contributed by atoms with Gasteiger partial charge in [-0.3, -0.25) is 0 Å². The van der Waals surface area contributed by atoms with E-state index in [0.717, 1.165) is 5.56 Å². The van der Waals surface area contributed by atoms with Crippen molar-refractivity contribution in [3.05, 3.63) is 51.3 Å². The van der Waals surface area contributed by atoms with Crippen LogP contribution in [0.2, 0.25) is 5.02 Å². The van der Waals surface area contributed by atoms with Crippen LogP contribution in [-0.4, -0.2) is 12.0 Å². The Hall–Kier alpha value is -1.17. The van der Waals surface area contributed by atoms with E-state index < -0.39 is 0 Å². The Balaban J connectivity index is 2.25. The summed E-state index contributed by atoms with van der Waals surface area (Å²) in [6.45, 7) is 0.613. The van der Waals surface area contributed by atoms with Gasteiger partial charge in [-0.25, -0.2) is 9.37 Å². The van der Waals surface area contributed by atoms with Gasteiger partial charge in [-0.15, -0.1) is 0 Å². The number of nitrogens with zero attached hydrogens (tertiary/aromatic N) is 1. The molecule has 1 aromatic carbocycles. The van der Waals surface area contributed by atoms with E-state index in [1.165, 1.54) is 24.4 Å². The lowest BCUT2D eigenvalue weighted by Crippen LogP contribution is -2.06. The van der Waals surface area contributed by atoms with Gasteiger partial charge in [0.2, 0.25) is 5.88 Å². The monoisotopic (exact) mass is 344 g/mol. The summed E-state index contributed by atoms with van der Waals surface area (Å²) in [4.78, 5) is 4.08. The zero-order chi connectivity index (χ0) is 13.8. The summed E-state index contributed by atoms with van der Waals surface area (Å²) < 4.78 is 19.1. The molecule has 1 N–H and O–H groups in total. The van der Waals surface area contributed by atoms with Gasteiger partial charge in [0.25, 0.3) is 0 Å². The van der Waals surface area contributed by atoms with Gasteiger partial charge in [0, 0.05) is 18.8 Å². The van der Waals surface area contributed by atoms with E-state index in [9.17, 15) is 4.39 Å². The molecule has 0 saturated carbocycles. The first-order valence-electron chi connectivity index (χ1n) is 5.52. The van der Waals surface area contributed by atoms with E-state index in [1.807, 2.05) is 7.05 Å². The second kappa shape index (κ2) is 6.32. The van der Waals surface area contributed by atoms with Gasteiger partial charge in [0.1, 0.15) is 11.6 Å². The Bertz CT molecular complexity index is 595. The number of hydrogen-bond acceptors (Lipinski definition) is 3. The highest BCUT2D eigenvalue weighted by Crippen LogP contribution is 2.30. The molecule has 0 spiro atoms. The molecule has 1 heterocycles. The molecule has 3 nitrogen and oxygen atoms in total. The van der Waals surface area contributed by atoms with Gasteiger partial charge in [-0.1, -0.05) is 11.6 Å². The summed E-state index contributed by atoms with van der Waals surface area (Å²) >= 11 is 9.25. The SMILES string of the molecule is CNCc1cc(Oc2ccc(F)cc2Br)ncc1Cl. The molecule has 0 aliphatic rings. The zero-order valence-corrected chi connectivity index (χ0v) is 12.4. The maximum absolute atomic E-state index is 13.0. The molecular weight excluding hydrogens is 335 g/mol. The van der Waals surface area contributed by atoms with E-state index in [0.29, 0.717) is 27.7 Å². The van der Waals surface area contributed by atoms with Crippen LogP contribution in [0.1, 0.15) is 5.56 Å². The van der Waals surface area contributed by atoms with Crippen LogP contribution in [-0.2, 0) is 6.54 Å². The molecule has 6 heteroatoms. The fourth-order valence-corrected chi connectivity index (χ4v) is 2.11. The van der Waals surface area contributed by atoms with Crippen molar-refractivity contribution in [1.82, 2.24) is 10.3 Å². The molecule has 0 amide bonds. The van der Waals surface area contributed by atoms with Crippen LogP contribution >= 0.6 is 27.5 Å². The smallest absolute Gasteiger partial charge is 0.219 e. The highest BCUT2D eigenvalue weighted by atomic mass is 79.9. The lowest BCUT2D eigenvalue weighted by molar-refractivity contribution is 0.457. The van der Waals surface area contributed by atoms with Gasteiger partial charge in [0.15, 0.2) is 0 Å². The van der Waals surface area contributed by atoms with E-state index in [1.54, 1.807) is 6.07 Å². The molecule has 0 aliphatic heterocycles. The van der Waals surface area contributed by atoms with Crippen molar-refractivity contribution in [2.45, 2.75) is 6.54 Å². The Labute approximate surface area is 123 Å². The predicted molar refractivity (Wildman–Crippen MR) is 76.2 cm³/mol. The minimum Gasteiger partial charge on any atom is -0.438 e. The number of pyridine rings is 1. The number of nitrogens with one attached hydrogen (secondary N) is 1. The van der Waals surface area contributed by atoms with Crippen LogP contribution < -0.4 is 10.1 Å². The molecule has 0 fully saturated rings. The van der Waals surface area contributed by atoms with E-state index in [2.05, 4.69) is 26.2 Å². The van der Waals surface area contributed by atoms with Gasteiger partial charge in [-0.05, 0) is 46.7 Å². The molecule has 0 bridgehead atoms. The molecule has 100 valence electrons. The molecule has 19 heavy (non-hydrogen) atoms. The van der Waals surface area contributed by atoms with Gasteiger partial charge < -0.3 is 10.1 Å². The minimum atomic E-state index is -0.334. The summed E-state index contributed by atoms with van der Waals surface area (Å²) in [5.41, 5.74) is 0.882. The van der Waals surface area contributed by atoms with Crippen LogP contribution in [0.15, 0.2) is 34.9 Å². The number of aromatic nitrogens is 1. The standard InChI is InChI=1S/C13H11BrClFN2O/c1-17-6-8-4-13(18-7-11(8)15)19-12-3-2-9(16)5-10(12)14/h2-5,7,17H,6H2,1H3. The summed E-state index contributed by atoms with van der Waals surface area (Å²) in [6.07, 6.45) is 1.53. The predicted octanol–water partition coefficient (Wildman–Crippen LogP) is 4.15. The quantitative estimate of drug-likeness (QED) is 0.904. The van der Waals surface area contributed by atoms with E-state index >= 15 is 0 Å². The van der Waals surface area contributed by atoms with Crippen LogP contribution in [0.5, 0.6) is 11.6 Å². The first kappa shape index (κ1) is 14.2. The summed E-state index contributed by atoms with van der Waals surface area (Å²) in [6, 6.07) is 5.94. The Morgan fingerprint density at radius 2 is 2.21 bits per heavy atom. The third-order valence-electron chi connectivity index (χ3n) is 2.39. The van der Waals surface area contributed by atoms with Crippen molar-refractivity contribution < 1.29 is 9.13 Å². The van der Waals surface area contributed by atoms with Gasteiger partial charge in [-0.2, -0.15) is 0 Å². The normalized spacial score (nSPS) is 10.5. The molecule has 0 radical (unpaired) electrons. The Morgan fingerprint density at radius 3 is 2.89 bits per heavy atom. The van der Waals surface area contributed by atoms with Crippen molar-refractivity contribution in [3.8, 4) is 11.6 Å². The average molecular weight is 346 g/mol. The highest BCUT2D eigenvalue weighted by Gasteiger charge is 2.08. The lowest BCUT2D eigenvalue weighted by atomic mass is 10.2. The molecule has 0 atom stereocenters. The minimum absolute atomic E-state index is 0.334. The fraction of sp³-hybridized carbons (Fsp3) is 0.154. The maximum Gasteiger partial charge on any atom is 0.219 e. The van der Waals surface area contributed by atoms with Crippen molar-refractivity contribution in [3.63, 3.8) is 0 Å². The van der Waals surface area contributed by atoms with Gasteiger partial charge in [0.05, 0.1) is 9.50 Å². The van der Waals surface area contributed by atoms with E-state index in [4.69, 9.17) is 16.3 Å². The third kappa shape index (κ3) is 3.65. The molecule has 0 unspecified atom stereocenters. The van der Waals surface area contributed by atoms with Crippen LogP contribution in [0.25, 0.3) is 0 Å². The highest BCUT2D eigenvalue weighted by molar-refractivity contribution is 9.10. The van der Waals surface area contributed by atoms with Crippen LogP contribution in [0.3, 0.4) is 0 Å². The largest absolute Gasteiger partial charge is 0.438 e. The number of rotatable bonds is 4. The number of benzene rings is 1. The number of hydrogen-bond donors (Lipinski definition) is 1. The molecule has 0 aliphatic carbocycles. The Morgan fingerprint density at radius 1 is 1.42 bits per heavy atom. The maximum atomic E-state index is 13.0. The average Bonchev–Trinajstić information content (AvgIpc) is 2.37. The third-order valence-corrected chi connectivity index (χ3v) is 3.35. The summed E-state index contributed by atoms with van der Waals surface area (Å²) in [5, 5.41) is 3.58. The lowest BCUT2D eigenvalue weighted by Gasteiger charge is -2.09. The van der Waals surface area contributed by atoms with Crippen molar-refractivity contribution >= 4 is 27.5 Å². The molecule has 1 aromatic heterocycles. The summed E-state index contributed by atoms with van der Waals surface area (Å²) in [5.74, 6) is 0.563. The first-order valence-corrected chi connectivity index (χ1v) is 6.69. The van der Waals surface area contributed by atoms with Crippen LogP contribution in [0.4, 0.5) is 4.39 Å². The molecule has 2 aromatic rings. The second-order valence-electron chi connectivity index (χ2n) is 3.82. The van der Waals surface area contributed by atoms with Crippen molar-refractivity contribution in [2.24, 2.45) is 0 Å². The summed E-state index contributed by atoms with van der Waals surface area (Å²) in [7, 11) is 1.83. The van der Waals surface area contributed by atoms with Gasteiger partial charge >= 0.3 is 0 Å². The molecular formula is C13H11BrClFN2O. The number of ether oxygens (including phenoxy) is 1. The fourth-order valence-electron chi connectivity index (χ4n) is 1.51. The molecule has 0 saturated heterocycles. The van der Waals surface area contributed by atoms with Crippen LogP contribution in [0, 0.1) is 5.82 Å². The topological polar surface area (TPSA) is 34.1 Å². The first-order chi connectivity index (χ1) is 9.10. The second-order valence-corrected chi connectivity index (χ2v) is 5.08. The van der Waals surface area contributed by atoms with Crippen molar-refractivity contribution in [1.29, 1.82) is 0 Å². The Kier molecular flexibility index (Phi) is 4.74. The van der Waals surface area contributed by atoms with E-state index in [-0.39, 0.29) is 5.82 Å². The zero-order valence-electron chi connectivity index (χ0n) is 10.1. The molecule has 2 rings (SSSR count). The van der Waals surface area contributed by atoms with Crippen molar-refractivity contribution in [2.75, 3.05) is 7.05 Å².